The number of benzene rings is 2. The molecular formula is C20H24N2O3. The van der Waals surface area contributed by atoms with Gasteiger partial charge in [-0.1, -0.05) is 50.6 Å². The summed E-state index contributed by atoms with van der Waals surface area (Å²) in [4.78, 5) is 23.7. The van der Waals surface area contributed by atoms with Crippen molar-refractivity contribution in [3.05, 3.63) is 65.2 Å². The first-order chi connectivity index (χ1) is 11.8. The summed E-state index contributed by atoms with van der Waals surface area (Å²) in [6, 6.07) is 14.7. The lowest BCUT2D eigenvalue weighted by Gasteiger charge is -2.19. The number of hydrogen-bond donors (Lipinski definition) is 2. The highest BCUT2D eigenvalue weighted by molar-refractivity contribution is 5.95. The van der Waals surface area contributed by atoms with Crippen LogP contribution in [0.5, 0.6) is 5.75 Å². The molecule has 0 fully saturated rings. The SMILES string of the molecule is Cc1cccc(C(=O)NNC(=O)COc2ccc(C(C)(C)C)cc2)c1. The van der Waals surface area contributed by atoms with E-state index in [4.69, 9.17) is 4.74 Å². The molecule has 25 heavy (non-hydrogen) atoms. The van der Waals surface area contributed by atoms with Crippen LogP contribution in [0.3, 0.4) is 0 Å². The molecule has 0 aromatic heterocycles. The summed E-state index contributed by atoms with van der Waals surface area (Å²) < 4.78 is 5.43. The Labute approximate surface area is 148 Å². The first-order valence-electron chi connectivity index (χ1n) is 8.15. The Balaban J connectivity index is 1.80. The molecule has 0 spiro atoms. The Kier molecular flexibility index (Phi) is 5.80. The smallest absolute Gasteiger partial charge is 0.276 e. The van der Waals surface area contributed by atoms with E-state index in [0.29, 0.717) is 11.3 Å². The number of ether oxygens (including phenoxy) is 1. The predicted octanol–water partition coefficient (Wildman–Crippen LogP) is 3.13. The minimum atomic E-state index is -0.430. The molecule has 2 N–H and O–H groups in total. The van der Waals surface area contributed by atoms with Crippen molar-refractivity contribution in [2.24, 2.45) is 0 Å². The van der Waals surface area contributed by atoms with E-state index >= 15 is 0 Å². The van der Waals surface area contributed by atoms with E-state index in [0.717, 1.165) is 5.56 Å². The number of hydrazine groups is 1. The molecule has 0 atom stereocenters. The van der Waals surface area contributed by atoms with Crippen molar-refractivity contribution >= 4 is 11.8 Å². The zero-order chi connectivity index (χ0) is 18.4. The molecule has 0 bridgehead atoms. The van der Waals surface area contributed by atoms with Gasteiger partial charge in [-0.3, -0.25) is 20.4 Å². The van der Waals surface area contributed by atoms with Gasteiger partial charge in [0.15, 0.2) is 6.61 Å². The molecule has 5 nitrogen and oxygen atoms in total. The summed E-state index contributed by atoms with van der Waals surface area (Å²) in [5.41, 5.74) is 7.43. The standard InChI is InChI=1S/C20H24N2O3/c1-14-6-5-7-15(12-14)19(24)22-21-18(23)13-25-17-10-8-16(9-11-17)20(2,3)4/h5-12H,13H2,1-4H3,(H,21,23)(H,22,24). The maximum Gasteiger partial charge on any atom is 0.276 e. The Hall–Kier alpha value is -2.82. The highest BCUT2D eigenvalue weighted by Crippen LogP contribution is 2.24. The number of nitrogens with one attached hydrogen (secondary N) is 2. The van der Waals surface area contributed by atoms with E-state index in [1.54, 1.807) is 18.2 Å². The van der Waals surface area contributed by atoms with E-state index in [2.05, 4.69) is 31.6 Å². The molecule has 0 unspecified atom stereocenters. The zero-order valence-electron chi connectivity index (χ0n) is 15.1. The lowest BCUT2D eigenvalue weighted by atomic mass is 9.87. The first-order valence-corrected chi connectivity index (χ1v) is 8.15. The summed E-state index contributed by atoms with van der Waals surface area (Å²) in [7, 11) is 0. The number of carbonyl (C=O) groups excluding carboxylic acids is 2. The molecule has 0 saturated carbocycles. The Morgan fingerprint density at radius 2 is 1.68 bits per heavy atom. The van der Waals surface area contributed by atoms with Gasteiger partial charge in [-0.05, 0) is 42.2 Å². The van der Waals surface area contributed by atoms with E-state index in [-0.39, 0.29) is 17.9 Å². The summed E-state index contributed by atoms with van der Waals surface area (Å²) >= 11 is 0. The van der Waals surface area contributed by atoms with Gasteiger partial charge in [0.1, 0.15) is 5.75 Å². The summed E-state index contributed by atoms with van der Waals surface area (Å²) in [6.07, 6.45) is 0. The molecule has 0 aliphatic carbocycles. The van der Waals surface area contributed by atoms with Gasteiger partial charge in [0.25, 0.3) is 11.8 Å². The van der Waals surface area contributed by atoms with E-state index < -0.39 is 5.91 Å². The van der Waals surface area contributed by atoms with Gasteiger partial charge in [0, 0.05) is 5.56 Å². The lowest BCUT2D eigenvalue weighted by Crippen LogP contribution is -2.43. The first kappa shape index (κ1) is 18.5. The van der Waals surface area contributed by atoms with E-state index in [1.165, 1.54) is 5.56 Å². The minimum Gasteiger partial charge on any atom is -0.484 e. The molecule has 0 heterocycles. The largest absolute Gasteiger partial charge is 0.484 e. The molecule has 0 radical (unpaired) electrons. The van der Waals surface area contributed by atoms with Gasteiger partial charge in [-0.2, -0.15) is 0 Å². The Morgan fingerprint density at radius 1 is 1.00 bits per heavy atom. The van der Waals surface area contributed by atoms with Crippen LogP contribution >= 0.6 is 0 Å². The monoisotopic (exact) mass is 340 g/mol. The van der Waals surface area contributed by atoms with Crippen LogP contribution in [0.2, 0.25) is 0 Å². The molecular weight excluding hydrogens is 316 g/mol. The van der Waals surface area contributed by atoms with E-state index in [9.17, 15) is 9.59 Å². The normalized spacial score (nSPS) is 10.9. The van der Waals surface area contributed by atoms with Crippen molar-refractivity contribution in [1.29, 1.82) is 0 Å². The molecule has 132 valence electrons. The highest BCUT2D eigenvalue weighted by Gasteiger charge is 2.13. The molecule has 2 aromatic rings. The van der Waals surface area contributed by atoms with Gasteiger partial charge in [0.05, 0.1) is 0 Å². The van der Waals surface area contributed by atoms with Crippen LogP contribution in [-0.2, 0) is 10.2 Å². The third-order valence-electron chi connectivity index (χ3n) is 3.69. The second kappa shape index (κ2) is 7.83. The molecule has 2 amide bonds. The van der Waals surface area contributed by atoms with Gasteiger partial charge < -0.3 is 4.74 Å². The third kappa shape index (κ3) is 5.64. The van der Waals surface area contributed by atoms with Crippen LogP contribution in [0, 0.1) is 6.92 Å². The summed E-state index contributed by atoms with van der Waals surface area (Å²) in [5, 5.41) is 0. The molecule has 2 rings (SSSR count). The Bertz CT molecular complexity index is 746. The van der Waals surface area contributed by atoms with Crippen molar-refractivity contribution in [3.63, 3.8) is 0 Å². The topological polar surface area (TPSA) is 67.4 Å². The molecule has 2 aromatic carbocycles. The van der Waals surface area contributed by atoms with Crippen LogP contribution in [-0.4, -0.2) is 18.4 Å². The number of carbonyl (C=O) groups is 2. The van der Waals surface area contributed by atoms with Crippen LogP contribution in [0.4, 0.5) is 0 Å². The predicted molar refractivity (Wildman–Crippen MR) is 97.4 cm³/mol. The fourth-order valence-electron chi connectivity index (χ4n) is 2.22. The number of aryl methyl sites for hydroxylation is 1. The van der Waals surface area contributed by atoms with Crippen molar-refractivity contribution in [2.75, 3.05) is 6.61 Å². The summed E-state index contributed by atoms with van der Waals surface area (Å²) in [6.45, 7) is 8.12. The fraction of sp³-hybridized carbons (Fsp3) is 0.300. The maximum atomic E-state index is 11.9. The van der Waals surface area contributed by atoms with Crippen LogP contribution in [0.25, 0.3) is 0 Å². The van der Waals surface area contributed by atoms with Gasteiger partial charge >= 0.3 is 0 Å². The van der Waals surface area contributed by atoms with Gasteiger partial charge in [0.2, 0.25) is 0 Å². The number of rotatable bonds is 4. The summed E-state index contributed by atoms with van der Waals surface area (Å²) in [5.74, 6) is -0.194. The molecule has 0 aliphatic heterocycles. The molecule has 5 heteroatoms. The van der Waals surface area contributed by atoms with Crippen LogP contribution in [0.1, 0.15) is 42.3 Å². The van der Waals surface area contributed by atoms with E-state index in [1.807, 2.05) is 37.3 Å². The quantitative estimate of drug-likeness (QED) is 0.840. The number of amides is 2. The van der Waals surface area contributed by atoms with Gasteiger partial charge in [-0.25, -0.2) is 0 Å². The molecule has 0 aliphatic rings. The van der Waals surface area contributed by atoms with Crippen LogP contribution < -0.4 is 15.6 Å². The minimum absolute atomic E-state index is 0.0655. The average molecular weight is 340 g/mol. The fourth-order valence-corrected chi connectivity index (χ4v) is 2.22. The molecule has 0 saturated heterocycles. The second-order valence-electron chi connectivity index (χ2n) is 6.93. The van der Waals surface area contributed by atoms with Crippen LogP contribution in [0.15, 0.2) is 48.5 Å². The zero-order valence-corrected chi connectivity index (χ0v) is 15.1. The lowest BCUT2D eigenvalue weighted by molar-refractivity contribution is -0.123. The van der Waals surface area contributed by atoms with Crippen molar-refractivity contribution in [2.45, 2.75) is 33.1 Å². The average Bonchev–Trinajstić information content (AvgIpc) is 2.57. The third-order valence-corrected chi connectivity index (χ3v) is 3.69. The van der Waals surface area contributed by atoms with Crippen molar-refractivity contribution in [3.8, 4) is 5.75 Å². The second-order valence-corrected chi connectivity index (χ2v) is 6.93. The maximum absolute atomic E-state index is 11.9. The Morgan fingerprint density at radius 3 is 2.28 bits per heavy atom. The van der Waals surface area contributed by atoms with Crippen molar-refractivity contribution < 1.29 is 14.3 Å². The van der Waals surface area contributed by atoms with Crippen molar-refractivity contribution in [1.82, 2.24) is 10.9 Å². The highest BCUT2D eigenvalue weighted by atomic mass is 16.5. The van der Waals surface area contributed by atoms with Gasteiger partial charge in [-0.15, -0.1) is 0 Å². The number of hydrogen-bond acceptors (Lipinski definition) is 3.